The van der Waals surface area contributed by atoms with Crippen molar-refractivity contribution in [1.82, 2.24) is 9.88 Å². The van der Waals surface area contributed by atoms with E-state index in [0.717, 1.165) is 36.8 Å². The first kappa shape index (κ1) is 18.7. The summed E-state index contributed by atoms with van der Waals surface area (Å²) in [7, 11) is 0. The molecule has 1 amide bonds. The first-order chi connectivity index (χ1) is 12.5. The molecular weight excluding hydrogens is 346 g/mol. The molecule has 6 heteroatoms. The number of thiazole rings is 1. The zero-order valence-electron chi connectivity index (χ0n) is 16.0. The second kappa shape index (κ2) is 8.08. The molecule has 0 unspecified atom stereocenters. The number of benzene rings is 1. The molecule has 2 heterocycles. The van der Waals surface area contributed by atoms with Crippen molar-refractivity contribution in [3.05, 3.63) is 34.2 Å². The maximum atomic E-state index is 11.8. The summed E-state index contributed by atoms with van der Waals surface area (Å²) in [6.07, 6.45) is 1.63. The van der Waals surface area contributed by atoms with Crippen molar-refractivity contribution >= 4 is 22.6 Å². The first-order valence-corrected chi connectivity index (χ1v) is 10.0. The van der Waals surface area contributed by atoms with Crippen LogP contribution in [0.4, 0.5) is 9.93 Å². The minimum atomic E-state index is -0.201. The lowest BCUT2D eigenvalue weighted by Crippen LogP contribution is -2.42. The van der Waals surface area contributed by atoms with Gasteiger partial charge in [-0.2, -0.15) is 0 Å². The van der Waals surface area contributed by atoms with Gasteiger partial charge in [0.25, 0.3) is 0 Å². The third-order valence-corrected chi connectivity index (χ3v) is 5.70. The van der Waals surface area contributed by atoms with E-state index in [1.54, 1.807) is 16.2 Å². The molecule has 1 aromatic heterocycles. The number of likely N-dealkylation sites (tertiary alicyclic amines) is 1. The predicted molar refractivity (Wildman–Crippen MR) is 107 cm³/mol. The number of hydrogen-bond donors (Lipinski definition) is 1. The molecular formula is C20H27N3O2S. The van der Waals surface area contributed by atoms with Gasteiger partial charge in [-0.25, -0.2) is 9.78 Å². The quantitative estimate of drug-likeness (QED) is 0.839. The summed E-state index contributed by atoms with van der Waals surface area (Å²) in [5.74, 6) is 0. The average Bonchev–Trinajstić information content (AvgIpc) is 2.98. The van der Waals surface area contributed by atoms with E-state index in [1.165, 1.54) is 21.6 Å². The Morgan fingerprint density at radius 3 is 2.73 bits per heavy atom. The number of carbonyl (C=O) groups is 1. The Labute approximate surface area is 159 Å². The number of nitrogens with zero attached hydrogens (tertiary/aromatic N) is 2. The van der Waals surface area contributed by atoms with Gasteiger partial charge in [0.1, 0.15) is 0 Å². The summed E-state index contributed by atoms with van der Waals surface area (Å²) in [6, 6.07) is 6.84. The molecule has 1 aliphatic heterocycles. The van der Waals surface area contributed by atoms with Crippen molar-refractivity contribution in [2.24, 2.45) is 0 Å². The summed E-state index contributed by atoms with van der Waals surface area (Å²) in [6.45, 7) is 10.1. The van der Waals surface area contributed by atoms with Gasteiger partial charge in [-0.1, -0.05) is 17.7 Å². The maximum Gasteiger partial charge on any atom is 0.409 e. The largest absolute Gasteiger partial charge is 0.450 e. The van der Waals surface area contributed by atoms with Crippen LogP contribution in [0.5, 0.6) is 0 Å². The summed E-state index contributed by atoms with van der Waals surface area (Å²) in [4.78, 5) is 19.7. The number of hydrogen-bond acceptors (Lipinski definition) is 5. The van der Waals surface area contributed by atoms with E-state index < -0.39 is 0 Å². The molecule has 0 aliphatic carbocycles. The van der Waals surface area contributed by atoms with Crippen molar-refractivity contribution < 1.29 is 9.53 Å². The molecule has 1 aliphatic rings. The Morgan fingerprint density at radius 2 is 2.04 bits per heavy atom. The number of aromatic nitrogens is 1. The van der Waals surface area contributed by atoms with Crippen LogP contribution < -0.4 is 5.32 Å². The van der Waals surface area contributed by atoms with Gasteiger partial charge in [-0.3, -0.25) is 0 Å². The lowest BCUT2D eigenvalue weighted by atomic mass is 10.0. The summed E-state index contributed by atoms with van der Waals surface area (Å²) in [5, 5.41) is 4.53. The van der Waals surface area contributed by atoms with E-state index in [9.17, 15) is 4.79 Å². The van der Waals surface area contributed by atoms with Gasteiger partial charge in [0.05, 0.1) is 12.3 Å². The predicted octanol–water partition coefficient (Wildman–Crippen LogP) is 4.77. The van der Waals surface area contributed by atoms with E-state index in [2.05, 4.69) is 44.3 Å². The van der Waals surface area contributed by atoms with Gasteiger partial charge < -0.3 is 15.0 Å². The van der Waals surface area contributed by atoms with Gasteiger partial charge in [-0.15, -0.1) is 11.3 Å². The van der Waals surface area contributed by atoms with E-state index in [-0.39, 0.29) is 6.09 Å². The summed E-state index contributed by atoms with van der Waals surface area (Å²) in [5.41, 5.74) is 4.78. The smallest absolute Gasteiger partial charge is 0.409 e. The van der Waals surface area contributed by atoms with Crippen LogP contribution in [0.2, 0.25) is 0 Å². The number of aryl methyl sites for hydroxylation is 3. The second-order valence-electron chi connectivity index (χ2n) is 6.85. The third-order valence-electron chi connectivity index (χ3n) is 4.79. The molecule has 0 bridgehead atoms. The number of ether oxygens (including phenoxy) is 1. The van der Waals surface area contributed by atoms with Crippen LogP contribution in [0.15, 0.2) is 18.2 Å². The molecule has 1 aromatic carbocycles. The minimum Gasteiger partial charge on any atom is -0.450 e. The van der Waals surface area contributed by atoms with E-state index >= 15 is 0 Å². The van der Waals surface area contributed by atoms with Crippen molar-refractivity contribution in [2.45, 2.75) is 46.6 Å². The van der Waals surface area contributed by atoms with Crippen LogP contribution in [0.3, 0.4) is 0 Å². The van der Waals surface area contributed by atoms with E-state index in [4.69, 9.17) is 9.72 Å². The molecule has 1 fully saturated rings. The number of nitrogens with one attached hydrogen (secondary N) is 1. The Kier molecular flexibility index (Phi) is 5.81. The van der Waals surface area contributed by atoms with Gasteiger partial charge in [0.2, 0.25) is 0 Å². The molecule has 1 N–H and O–H groups in total. The monoisotopic (exact) mass is 373 g/mol. The van der Waals surface area contributed by atoms with E-state index in [0.29, 0.717) is 12.6 Å². The van der Waals surface area contributed by atoms with Gasteiger partial charge in [0, 0.05) is 29.6 Å². The molecule has 140 valence electrons. The van der Waals surface area contributed by atoms with Crippen LogP contribution >= 0.6 is 11.3 Å². The number of piperidine rings is 1. The topological polar surface area (TPSA) is 54.5 Å². The van der Waals surface area contributed by atoms with Crippen LogP contribution in [0.25, 0.3) is 11.3 Å². The zero-order chi connectivity index (χ0) is 18.7. The fraction of sp³-hybridized carbons (Fsp3) is 0.500. The lowest BCUT2D eigenvalue weighted by Gasteiger charge is -2.31. The average molecular weight is 374 g/mol. The molecule has 2 aromatic rings. The van der Waals surface area contributed by atoms with Gasteiger partial charge >= 0.3 is 6.09 Å². The molecule has 1 saturated heterocycles. The minimum absolute atomic E-state index is 0.201. The van der Waals surface area contributed by atoms with Crippen LogP contribution in [0, 0.1) is 20.8 Å². The Hall–Kier alpha value is -2.08. The first-order valence-electron chi connectivity index (χ1n) is 9.21. The van der Waals surface area contributed by atoms with Crippen molar-refractivity contribution in [2.75, 3.05) is 25.0 Å². The highest BCUT2D eigenvalue weighted by atomic mass is 32.1. The molecule has 3 rings (SSSR count). The van der Waals surface area contributed by atoms with Crippen LogP contribution in [0.1, 0.15) is 35.8 Å². The lowest BCUT2D eigenvalue weighted by molar-refractivity contribution is 0.0983. The van der Waals surface area contributed by atoms with E-state index in [1.807, 2.05) is 6.92 Å². The van der Waals surface area contributed by atoms with Gasteiger partial charge in [0.15, 0.2) is 5.13 Å². The summed E-state index contributed by atoms with van der Waals surface area (Å²) < 4.78 is 5.08. The fourth-order valence-corrected chi connectivity index (χ4v) is 4.20. The Balaban J connectivity index is 1.65. The molecule has 0 spiro atoms. The molecule has 0 radical (unpaired) electrons. The highest BCUT2D eigenvalue weighted by Crippen LogP contribution is 2.33. The zero-order valence-corrected chi connectivity index (χ0v) is 16.8. The molecule has 0 saturated carbocycles. The normalized spacial score (nSPS) is 15.2. The van der Waals surface area contributed by atoms with Crippen LogP contribution in [-0.4, -0.2) is 41.7 Å². The molecule has 0 atom stereocenters. The van der Waals surface area contributed by atoms with Gasteiger partial charge in [-0.05, 0) is 52.2 Å². The standard InChI is InChI=1S/C20H27N3O2S/c1-5-25-20(24)23-10-8-16(9-11-23)21-19-22-18(15(4)26-19)17-12-13(2)6-7-14(17)3/h6-7,12,16H,5,8-11H2,1-4H3,(H,21,22). The van der Waals surface area contributed by atoms with Crippen molar-refractivity contribution in [3.8, 4) is 11.3 Å². The summed E-state index contributed by atoms with van der Waals surface area (Å²) >= 11 is 1.71. The number of rotatable bonds is 4. The SMILES string of the molecule is CCOC(=O)N1CCC(Nc2nc(-c3cc(C)ccc3C)c(C)s2)CC1. The second-order valence-corrected chi connectivity index (χ2v) is 8.05. The number of anilines is 1. The highest BCUT2D eigenvalue weighted by molar-refractivity contribution is 7.16. The molecule has 5 nitrogen and oxygen atoms in total. The van der Waals surface area contributed by atoms with Crippen molar-refractivity contribution in [3.63, 3.8) is 0 Å². The van der Waals surface area contributed by atoms with Crippen LogP contribution in [-0.2, 0) is 4.74 Å². The number of amides is 1. The maximum absolute atomic E-state index is 11.8. The third kappa shape index (κ3) is 4.18. The van der Waals surface area contributed by atoms with Crippen molar-refractivity contribution in [1.29, 1.82) is 0 Å². The Bertz CT molecular complexity index is 779. The Morgan fingerprint density at radius 1 is 1.31 bits per heavy atom. The fourth-order valence-electron chi connectivity index (χ4n) is 3.29. The highest BCUT2D eigenvalue weighted by Gasteiger charge is 2.24. The number of carbonyl (C=O) groups excluding carboxylic acids is 1. The molecule has 26 heavy (non-hydrogen) atoms.